The lowest BCUT2D eigenvalue weighted by molar-refractivity contribution is -0.121. The fourth-order valence-electron chi connectivity index (χ4n) is 3.38. The minimum absolute atomic E-state index is 0.0506. The highest BCUT2D eigenvalue weighted by atomic mass is 16.5. The van der Waals surface area contributed by atoms with Gasteiger partial charge in [-0.1, -0.05) is 18.2 Å². The number of hydrogen-bond donors (Lipinski definition) is 1. The predicted molar refractivity (Wildman–Crippen MR) is 96.4 cm³/mol. The fourth-order valence-corrected chi connectivity index (χ4v) is 3.38. The Morgan fingerprint density at radius 2 is 2.08 bits per heavy atom. The molecule has 2 heterocycles. The van der Waals surface area contributed by atoms with Crippen LogP contribution in [-0.4, -0.2) is 47.3 Å². The third-order valence-electron chi connectivity index (χ3n) is 4.70. The number of benzene rings is 1. The third kappa shape index (κ3) is 4.60. The number of likely N-dealkylation sites (tertiary alicyclic amines) is 1. The maximum atomic E-state index is 12.2. The number of carbonyl (C=O) groups is 1. The summed E-state index contributed by atoms with van der Waals surface area (Å²) in [5, 5.41) is 7.22. The van der Waals surface area contributed by atoms with Crippen LogP contribution in [0.15, 0.2) is 42.7 Å². The average molecular weight is 342 g/mol. The van der Waals surface area contributed by atoms with Crippen molar-refractivity contribution in [1.82, 2.24) is 20.0 Å². The summed E-state index contributed by atoms with van der Waals surface area (Å²) < 4.78 is 7.31. The molecule has 6 nitrogen and oxygen atoms in total. The normalized spacial score (nSPS) is 15.9. The van der Waals surface area contributed by atoms with Crippen LogP contribution < -0.4 is 10.1 Å². The Balaban J connectivity index is 1.62. The summed E-state index contributed by atoms with van der Waals surface area (Å²) in [6.45, 7) is 3.32. The quantitative estimate of drug-likeness (QED) is 0.799. The smallest absolute Gasteiger partial charge is 0.221 e. The van der Waals surface area contributed by atoms with E-state index in [2.05, 4.69) is 21.4 Å². The lowest BCUT2D eigenvalue weighted by Crippen LogP contribution is -2.37. The Labute approximate surface area is 148 Å². The third-order valence-corrected chi connectivity index (χ3v) is 4.70. The van der Waals surface area contributed by atoms with E-state index in [0.29, 0.717) is 19.5 Å². The number of carbonyl (C=O) groups excluding carboxylic acids is 1. The van der Waals surface area contributed by atoms with Gasteiger partial charge in [0.1, 0.15) is 5.75 Å². The van der Waals surface area contributed by atoms with Gasteiger partial charge in [0.2, 0.25) is 5.91 Å². The number of ether oxygens (including phenoxy) is 1. The van der Waals surface area contributed by atoms with Gasteiger partial charge in [-0.15, -0.1) is 0 Å². The van der Waals surface area contributed by atoms with Crippen molar-refractivity contribution in [1.29, 1.82) is 0 Å². The number of nitrogens with one attached hydrogen (secondary N) is 1. The summed E-state index contributed by atoms with van der Waals surface area (Å²) in [6, 6.07) is 10.1. The molecule has 1 aliphatic heterocycles. The summed E-state index contributed by atoms with van der Waals surface area (Å²) in [7, 11) is 1.70. The first kappa shape index (κ1) is 17.5. The number of hydrogen-bond acceptors (Lipinski definition) is 4. The van der Waals surface area contributed by atoms with E-state index in [-0.39, 0.29) is 11.9 Å². The summed E-state index contributed by atoms with van der Waals surface area (Å²) in [6.07, 6.45) is 6.44. The van der Waals surface area contributed by atoms with Crippen molar-refractivity contribution < 1.29 is 9.53 Å². The van der Waals surface area contributed by atoms with Crippen molar-refractivity contribution in [2.75, 3.05) is 26.7 Å². The molecule has 0 saturated carbocycles. The van der Waals surface area contributed by atoms with E-state index in [1.165, 1.54) is 12.8 Å². The number of rotatable bonds is 8. The van der Waals surface area contributed by atoms with E-state index >= 15 is 0 Å². The highest BCUT2D eigenvalue weighted by molar-refractivity contribution is 5.75. The number of methoxy groups -OCH3 is 1. The molecule has 0 aliphatic carbocycles. The molecule has 25 heavy (non-hydrogen) atoms. The Hall–Kier alpha value is -2.34. The van der Waals surface area contributed by atoms with Crippen LogP contribution in [0.25, 0.3) is 0 Å². The second kappa shape index (κ2) is 8.67. The number of para-hydroxylation sites is 1. The van der Waals surface area contributed by atoms with E-state index in [0.717, 1.165) is 24.4 Å². The first-order valence-corrected chi connectivity index (χ1v) is 8.89. The van der Waals surface area contributed by atoms with Crippen molar-refractivity contribution in [2.45, 2.75) is 31.8 Å². The molecule has 6 heteroatoms. The largest absolute Gasteiger partial charge is 0.496 e. The summed E-state index contributed by atoms with van der Waals surface area (Å²) in [4.78, 5) is 14.7. The molecule has 1 fully saturated rings. The van der Waals surface area contributed by atoms with E-state index in [4.69, 9.17) is 4.74 Å². The predicted octanol–water partition coefficient (Wildman–Crippen LogP) is 2.24. The second-order valence-corrected chi connectivity index (χ2v) is 6.32. The second-order valence-electron chi connectivity index (χ2n) is 6.32. The lowest BCUT2D eigenvalue weighted by Gasteiger charge is -2.29. The number of amides is 1. The van der Waals surface area contributed by atoms with Crippen LogP contribution >= 0.6 is 0 Å². The number of nitrogens with zero attached hydrogens (tertiary/aromatic N) is 3. The molecule has 1 saturated heterocycles. The molecule has 0 spiro atoms. The van der Waals surface area contributed by atoms with Gasteiger partial charge in [0.15, 0.2) is 0 Å². The molecule has 134 valence electrons. The van der Waals surface area contributed by atoms with E-state index in [9.17, 15) is 4.79 Å². The first-order chi connectivity index (χ1) is 12.3. The van der Waals surface area contributed by atoms with Gasteiger partial charge >= 0.3 is 0 Å². The molecular formula is C19H26N4O2. The zero-order chi connectivity index (χ0) is 17.5. The van der Waals surface area contributed by atoms with E-state index < -0.39 is 0 Å². The van der Waals surface area contributed by atoms with Gasteiger partial charge in [-0.2, -0.15) is 5.10 Å². The van der Waals surface area contributed by atoms with Crippen LogP contribution in [0.4, 0.5) is 0 Å². The van der Waals surface area contributed by atoms with Crippen LogP contribution in [0, 0.1) is 0 Å². The molecule has 1 N–H and O–H groups in total. The van der Waals surface area contributed by atoms with Crippen molar-refractivity contribution in [3.8, 4) is 5.75 Å². The molecule has 0 radical (unpaired) electrons. The molecular weight excluding hydrogens is 316 g/mol. The van der Waals surface area contributed by atoms with Crippen LogP contribution in [0.2, 0.25) is 0 Å². The highest BCUT2D eigenvalue weighted by Crippen LogP contribution is 2.31. The Bertz CT molecular complexity index is 666. The lowest BCUT2D eigenvalue weighted by atomic mass is 10.0. The van der Waals surface area contributed by atoms with E-state index in [1.54, 1.807) is 18.0 Å². The van der Waals surface area contributed by atoms with Gasteiger partial charge in [0.25, 0.3) is 0 Å². The van der Waals surface area contributed by atoms with E-state index in [1.807, 2.05) is 30.5 Å². The number of aromatic nitrogens is 2. The van der Waals surface area contributed by atoms with Crippen LogP contribution in [-0.2, 0) is 11.3 Å². The standard InChI is InChI=1S/C19H26N4O2/c1-25-18-8-3-2-7-16(18)17(22-11-4-5-12-22)15-20-19(24)9-14-23-13-6-10-21-23/h2-3,6-8,10,13,17H,4-5,9,11-12,14-15H2,1H3,(H,20,24). The van der Waals surface area contributed by atoms with Crippen LogP contribution in [0.1, 0.15) is 30.9 Å². The molecule has 2 aromatic rings. The zero-order valence-electron chi connectivity index (χ0n) is 14.7. The Morgan fingerprint density at radius 1 is 1.28 bits per heavy atom. The Kier molecular flexibility index (Phi) is 6.06. The topological polar surface area (TPSA) is 59.4 Å². The monoisotopic (exact) mass is 342 g/mol. The first-order valence-electron chi connectivity index (χ1n) is 8.89. The minimum Gasteiger partial charge on any atom is -0.496 e. The summed E-state index contributed by atoms with van der Waals surface area (Å²) in [5.74, 6) is 0.930. The van der Waals surface area contributed by atoms with Crippen molar-refractivity contribution in [3.05, 3.63) is 48.3 Å². The SMILES string of the molecule is COc1ccccc1C(CNC(=O)CCn1cccn1)N1CCCC1. The molecule has 1 aromatic carbocycles. The highest BCUT2D eigenvalue weighted by Gasteiger charge is 2.26. The summed E-state index contributed by atoms with van der Waals surface area (Å²) >= 11 is 0. The van der Waals surface area contributed by atoms with Gasteiger partial charge in [0, 0.05) is 37.5 Å². The number of aryl methyl sites for hydroxylation is 1. The van der Waals surface area contributed by atoms with Crippen LogP contribution in [0.5, 0.6) is 5.75 Å². The molecule has 3 rings (SSSR count). The maximum absolute atomic E-state index is 12.2. The molecule has 1 atom stereocenters. The van der Waals surface area contributed by atoms with Gasteiger partial charge in [-0.25, -0.2) is 0 Å². The van der Waals surface area contributed by atoms with Gasteiger partial charge in [-0.3, -0.25) is 14.4 Å². The zero-order valence-corrected chi connectivity index (χ0v) is 14.7. The fraction of sp³-hybridized carbons (Fsp3) is 0.474. The Morgan fingerprint density at radius 3 is 2.80 bits per heavy atom. The minimum atomic E-state index is 0.0506. The molecule has 1 unspecified atom stereocenters. The summed E-state index contributed by atoms with van der Waals surface area (Å²) in [5.41, 5.74) is 1.14. The molecule has 1 aromatic heterocycles. The van der Waals surface area contributed by atoms with Crippen molar-refractivity contribution in [2.24, 2.45) is 0 Å². The van der Waals surface area contributed by atoms with Gasteiger partial charge in [0.05, 0.1) is 13.2 Å². The van der Waals surface area contributed by atoms with Crippen molar-refractivity contribution >= 4 is 5.91 Å². The average Bonchev–Trinajstić information content (AvgIpc) is 3.34. The van der Waals surface area contributed by atoms with Gasteiger partial charge in [-0.05, 0) is 38.1 Å². The van der Waals surface area contributed by atoms with Crippen LogP contribution in [0.3, 0.4) is 0 Å². The van der Waals surface area contributed by atoms with Gasteiger partial charge < -0.3 is 10.1 Å². The van der Waals surface area contributed by atoms with Crippen molar-refractivity contribution in [3.63, 3.8) is 0 Å². The molecule has 0 bridgehead atoms. The molecule has 1 amide bonds. The maximum Gasteiger partial charge on any atom is 0.221 e. The molecule has 1 aliphatic rings.